The number of rotatable bonds is 6. The van der Waals surface area contributed by atoms with Crippen molar-refractivity contribution in [2.24, 2.45) is 5.16 Å². The van der Waals surface area contributed by atoms with Gasteiger partial charge in [0.2, 0.25) is 6.10 Å². The molecule has 0 saturated carbocycles. The molecule has 3 rings (SSSR count). The Hall–Kier alpha value is -1.99. The van der Waals surface area contributed by atoms with E-state index in [1.807, 2.05) is 0 Å². The van der Waals surface area contributed by atoms with E-state index in [4.69, 9.17) is 9.57 Å². The summed E-state index contributed by atoms with van der Waals surface area (Å²) in [5, 5.41) is 6.73. The number of hydrogen-bond acceptors (Lipinski definition) is 5. The molecule has 0 bridgehead atoms. The summed E-state index contributed by atoms with van der Waals surface area (Å²) < 4.78 is 19.0. The molecular weight excluding hydrogens is 313 g/mol. The fourth-order valence-corrected chi connectivity index (χ4v) is 2.83. The summed E-state index contributed by atoms with van der Waals surface area (Å²) in [4.78, 5) is 19.6. The minimum absolute atomic E-state index is 0.202. The van der Waals surface area contributed by atoms with Crippen LogP contribution < -0.4 is 5.32 Å². The van der Waals surface area contributed by atoms with Gasteiger partial charge in [-0.3, -0.25) is 9.69 Å². The van der Waals surface area contributed by atoms with Gasteiger partial charge in [-0.05, 0) is 19.0 Å². The highest BCUT2D eigenvalue weighted by molar-refractivity contribution is 6.04. The predicted molar refractivity (Wildman–Crippen MR) is 87.3 cm³/mol. The number of nitrogens with zero attached hydrogens (tertiary/aromatic N) is 2. The third-order valence-corrected chi connectivity index (χ3v) is 4.20. The lowest BCUT2D eigenvalue weighted by Gasteiger charge is -2.26. The van der Waals surface area contributed by atoms with Gasteiger partial charge in [0.1, 0.15) is 5.82 Å². The molecule has 6 nitrogen and oxygen atoms in total. The zero-order chi connectivity index (χ0) is 16.8. The lowest BCUT2D eigenvalue weighted by molar-refractivity contribution is -0.131. The first-order chi connectivity index (χ1) is 11.7. The van der Waals surface area contributed by atoms with Crippen LogP contribution in [0.1, 0.15) is 18.4 Å². The Morgan fingerprint density at radius 2 is 2.12 bits per heavy atom. The molecule has 130 valence electrons. The van der Waals surface area contributed by atoms with E-state index in [-0.39, 0.29) is 18.1 Å². The molecule has 7 heteroatoms. The second-order valence-electron chi connectivity index (χ2n) is 5.91. The number of morpholine rings is 1. The number of halogens is 1. The maximum absolute atomic E-state index is 13.7. The lowest BCUT2D eigenvalue weighted by atomic mass is 10.0. The Morgan fingerprint density at radius 1 is 1.33 bits per heavy atom. The van der Waals surface area contributed by atoms with Crippen molar-refractivity contribution in [2.75, 3.05) is 39.4 Å². The molecule has 2 heterocycles. The first-order valence-corrected chi connectivity index (χ1v) is 8.29. The van der Waals surface area contributed by atoms with Crippen LogP contribution in [0.25, 0.3) is 0 Å². The summed E-state index contributed by atoms with van der Waals surface area (Å²) in [6.07, 6.45) is 0.485. The maximum Gasteiger partial charge on any atom is 0.264 e. The summed E-state index contributed by atoms with van der Waals surface area (Å²) in [6, 6.07) is 6.37. The SMILES string of the molecule is O=C(NCCCN1CCOCC1)[C@H]1CC(c2ccccc2F)=NO1. The molecule has 1 fully saturated rings. The largest absolute Gasteiger partial charge is 0.382 e. The number of nitrogens with one attached hydrogen (secondary N) is 1. The predicted octanol–water partition coefficient (Wildman–Crippen LogP) is 1.16. The van der Waals surface area contributed by atoms with E-state index < -0.39 is 6.10 Å². The van der Waals surface area contributed by atoms with Crippen LogP contribution in [0.5, 0.6) is 0 Å². The first kappa shape index (κ1) is 16.9. The van der Waals surface area contributed by atoms with Gasteiger partial charge >= 0.3 is 0 Å². The Labute approximate surface area is 140 Å². The molecule has 0 aliphatic carbocycles. The molecule has 1 amide bonds. The van der Waals surface area contributed by atoms with Gasteiger partial charge in [-0.2, -0.15) is 0 Å². The van der Waals surface area contributed by atoms with E-state index in [1.165, 1.54) is 6.07 Å². The van der Waals surface area contributed by atoms with E-state index in [1.54, 1.807) is 18.2 Å². The molecule has 1 aromatic carbocycles. The smallest absolute Gasteiger partial charge is 0.264 e. The minimum Gasteiger partial charge on any atom is -0.382 e. The molecule has 0 radical (unpaired) electrons. The van der Waals surface area contributed by atoms with Crippen molar-refractivity contribution in [1.29, 1.82) is 0 Å². The van der Waals surface area contributed by atoms with Gasteiger partial charge in [-0.15, -0.1) is 0 Å². The maximum atomic E-state index is 13.7. The topological polar surface area (TPSA) is 63.2 Å². The van der Waals surface area contributed by atoms with Gasteiger partial charge in [-0.1, -0.05) is 23.4 Å². The number of carbonyl (C=O) groups excluding carboxylic acids is 1. The van der Waals surface area contributed by atoms with Crippen molar-refractivity contribution in [3.63, 3.8) is 0 Å². The molecule has 0 aromatic heterocycles. The molecule has 24 heavy (non-hydrogen) atoms. The molecular formula is C17H22FN3O3. The van der Waals surface area contributed by atoms with E-state index in [0.717, 1.165) is 39.3 Å². The summed E-state index contributed by atoms with van der Waals surface area (Å²) in [6.45, 7) is 4.97. The molecule has 1 aromatic rings. The monoisotopic (exact) mass is 335 g/mol. The van der Waals surface area contributed by atoms with Crippen LogP contribution in [0, 0.1) is 5.82 Å². The molecule has 0 spiro atoms. The van der Waals surface area contributed by atoms with Crippen molar-refractivity contribution in [2.45, 2.75) is 18.9 Å². The summed E-state index contributed by atoms with van der Waals surface area (Å²) >= 11 is 0. The molecule has 1 N–H and O–H groups in total. The fourth-order valence-electron chi connectivity index (χ4n) is 2.83. The zero-order valence-electron chi connectivity index (χ0n) is 13.5. The van der Waals surface area contributed by atoms with Gasteiger partial charge in [0.05, 0.1) is 18.9 Å². The molecule has 2 aliphatic rings. The van der Waals surface area contributed by atoms with Crippen molar-refractivity contribution in [1.82, 2.24) is 10.2 Å². The van der Waals surface area contributed by atoms with Crippen LogP contribution in [-0.2, 0) is 14.4 Å². The highest BCUT2D eigenvalue weighted by Gasteiger charge is 2.29. The van der Waals surface area contributed by atoms with Gasteiger partial charge in [0.15, 0.2) is 0 Å². The molecule has 1 atom stereocenters. The number of oxime groups is 1. The van der Waals surface area contributed by atoms with E-state index in [9.17, 15) is 9.18 Å². The minimum atomic E-state index is -0.678. The van der Waals surface area contributed by atoms with Crippen LogP contribution in [-0.4, -0.2) is 62.0 Å². The van der Waals surface area contributed by atoms with Crippen molar-refractivity contribution in [3.05, 3.63) is 35.6 Å². The molecule has 1 saturated heterocycles. The quantitative estimate of drug-likeness (QED) is 0.793. The molecule has 2 aliphatic heterocycles. The van der Waals surface area contributed by atoms with Crippen LogP contribution in [0.4, 0.5) is 4.39 Å². The fraction of sp³-hybridized carbons (Fsp3) is 0.529. The number of ether oxygens (including phenoxy) is 1. The Bertz CT molecular complexity index is 602. The normalized spacial score (nSPS) is 21.2. The third kappa shape index (κ3) is 4.30. The van der Waals surface area contributed by atoms with E-state index in [0.29, 0.717) is 17.8 Å². The van der Waals surface area contributed by atoms with Crippen LogP contribution in [0.2, 0.25) is 0 Å². The average molecular weight is 335 g/mol. The summed E-state index contributed by atoms with van der Waals surface area (Å²) in [5.41, 5.74) is 0.863. The third-order valence-electron chi connectivity index (χ3n) is 4.20. The summed E-state index contributed by atoms with van der Waals surface area (Å²) in [5.74, 6) is -0.557. The average Bonchev–Trinajstić information content (AvgIpc) is 3.10. The Kier molecular flexibility index (Phi) is 5.77. The zero-order valence-corrected chi connectivity index (χ0v) is 13.5. The van der Waals surface area contributed by atoms with Gasteiger partial charge < -0.3 is 14.9 Å². The number of hydrogen-bond donors (Lipinski definition) is 1. The lowest BCUT2D eigenvalue weighted by Crippen LogP contribution is -2.39. The number of benzene rings is 1. The van der Waals surface area contributed by atoms with Crippen LogP contribution in [0.15, 0.2) is 29.4 Å². The van der Waals surface area contributed by atoms with Crippen molar-refractivity contribution in [3.8, 4) is 0 Å². The van der Waals surface area contributed by atoms with E-state index >= 15 is 0 Å². The standard InChI is InChI=1S/C17H22FN3O3/c18-14-5-2-1-4-13(14)15-12-16(24-20-15)17(22)19-6-3-7-21-8-10-23-11-9-21/h1-2,4-5,16H,3,6-12H2,(H,19,22)/t16-/m1/s1. The Morgan fingerprint density at radius 3 is 2.92 bits per heavy atom. The van der Waals surface area contributed by atoms with Crippen molar-refractivity contribution >= 4 is 11.6 Å². The second kappa shape index (κ2) is 8.21. The highest BCUT2D eigenvalue weighted by atomic mass is 19.1. The van der Waals surface area contributed by atoms with Crippen LogP contribution >= 0.6 is 0 Å². The van der Waals surface area contributed by atoms with Gasteiger partial charge in [-0.25, -0.2) is 4.39 Å². The highest BCUT2D eigenvalue weighted by Crippen LogP contribution is 2.19. The number of carbonyl (C=O) groups is 1. The Balaban J connectivity index is 1.38. The van der Waals surface area contributed by atoms with Gasteiger partial charge in [0, 0.05) is 31.6 Å². The second-order valence-corrected chi connectivity index (χ2v) is 5.91. The van der Waals surface area contributed by atoms with E-state index in [2.05, 4.69) is 15.4 Å². The van der Waals surface area contributed by atoms with Gasteiger partial charge in [0.25, 0.3) is 5.91 Å². The van der Waals surface area contributed by atoms with Crippen LogP contribution in [0.3, 0.4) is 0 Å². The van der Waals surface area contributed by atoms with Crippen molar-refractivity contribution < 1.29 is 18.8 Å². The first-order valence-electron chi connectivity index (χ1n) is 8.29. The summed E-state index contributed by atoms with van der Waals surface area (Å²) in [7, 11) is 0. The number of amides is 1. The molecule has 0 unspecified atom stereocenters.